The molecule has 0 spiro atoms. The van der Waals surface area contributed by atoms with Crippen LogP contribution in [0.25, 0.3) is 11.1 Å². The number of methoxy groups -OCH3 is 1. The summed E-state index contributed by atoms with van der Waals surface area (Å²) in [7, 11) is 1.27. The summed E-state index contributed by atoms with van der Waals surface area (Å²) < 4.78 is 5.05. The van der Waals surface area contributed by atoms with E-state index < -0.39 is 24.1 Å². The topological polar surface area (TPSA) is 66.8 Å². The van der Waals surface area contributed by atoms with Crippen molar-refractivity contribution in [2.45, 2.75) is 18.5 Å². The van der Waals surface area contributed by atoms with Crippen LogP contribution in [0.15, 0.2) is 72.8 Å². The van der Waals surface area contributed by atoms with E-state index in [9.17, 15) is 14.7 Å². The Hall–Kier alpha value is -3.31. The molecule has 0 bridgehead atoms. The lowest BCUT2D eigenvalue weighted by Crippen LogP contribution is -2.48. The molecule has 0 fully saturated rings. The highest BCUT2D eigenvalue weighted by Crippen LogP contribution is 2.47. The molecule has 1 amide bonds. The number of benzene rings is 3. The molecule has 1 aliphatic rings. The first-order chi connectivity index (χ1) is 14.5. The average Bonchev–Trinajstić information content (AvgIpc) is 3.09. The van der Waals surface area contributed by atoms with Crippen molar-refractivity contribution in [3.05, 3.63) is 94.5 Å². The van der Waals surface area contributed by atoms with Gasteiger partial charge in [-0.3, -0.25) is 4.90 Å². The largest absolute Gasteiger partial charge is 0.480 e. The molecule has 0 radical (unpaired) electrons. The molecule has 0 aromatic heterocycles. The Labute approximate surface area is 179 Å². The van der Waals surface area contributed by atoms with Crippen LogP contribution in [0.1, 0.15) is 22.7 Å². The number of amides is 1. The number of halogens is 1. The fourth-order valence-electron chi connectivity index (χ4n) is 4.10. The summed E-state index contributed by atoms with van der Waals surface area (Å²) in [5, 5.41) is 10.6. The minimum absolute atomic E-state index is 0.127. The van der Waals surface area contributed by atoms with Crippen molar-refractivity contribution in [2.24, 2.45) is 0 Å². The monoisotopic (exact) mass is 421 g/mol. The van der Waals surface area contributed by atoms with Gasteiger partial charge < -0.3 is 9.84 Å². The normalized spacial score (nSPS) is 13.3. The van der Waals surface area contributed by atoms with E-state index in [4.69, 9.17) is 16.3 Å². The lowest BCUT2D eigenvalue weighted by Gasteiger charge is -2.34. The number of carbonyl (C=O) groups is 2. The molecule has 0 aliphatic heterocycles. The third kappa shape index (κ3) is 3.53. The summed E-state index contributed by atoms with van der Waals surface area (Å²) in [6.07, 6.45) is -0.560. The van der Waals surface area contributed by atoms with Crippen LogP contribution < -0.4 is 0 Å². The van der Waals surface area contributed by atoms with E-state index in [0.29, 0.717) is 5.02 Å². The number of rotatable bonds is 5. The Bertz CT molecular complexity index is 1050. The van der Waals surface area contributed by atoms with Crippen LogP contribution >= 0.6 is 11.6 Å². The van der Waals surface area contributed by atoms with Gasteiger partial charge in [0, 0.05) is 11.4 Å². The zero-order valence-corrected chi connectivity index (χ0v) is 17.0. The van der Waals surface area contributed by atoms with Gasteiger partial charge in [-0.1, -0.05) is 72.3 Å². The Morgan fingerprint density at radius 2 is 1.50 bits per heavy atom. The number of ether oxygens (including phenoxy) is 1. The van der Waals surface area contributed by atoms with Crippen molar-refractivity contribution in [2.75, 3.05) is 7.11 Å². The number of fused-ring (bicyclic) bond motifs is 3. The molecule has 0 heterocycles. The Kier molecular flexibility index (Phi) is 5.46. The molecule has 3 aromatic rings. The van der Waals surface area contributed by atoms with Crippen LogP contribution in [-0.4, -0.2) is 35.2 Å². The van der Waals surface area contributed by atoms with Gasteiger partial charge in [-0.2, -0.15) is 0 Å². The van der Waals surface area contributed by atoms with E-state index in [1.807, 2.05) is 48.5 Å². The van der Waals surface area contributed by atoms with Crippen molar-refractivity contribution in [3.8, 4) is 11.1 Å². The number of carboxylic acid groups (broad SMARTS) is 1. The van der Waals surface area contributed by atoms with Crippen molar-refractivity contribution in [1.82, 2.24) is 4.90 Å². The molecule has 152 valence electrons. The SMILES string of the molecule is COC(=O)N(C1c2ccccc2-c2ccccc21)[C@H](Cc1ccc(Cl)cc1)C(=O)O. The number of aliphatic carboxylic acids is 1. The molecule has 4 rings (SSSR count). The number of carbonyl (C=O) groups excluding carboxylic acids is 1. The summed E-state index contributed by atoms with van der Waals surface area (Å²) in [5.41, 5.74) is 4.50. The minimum atomic E-state index is -1.12. The molecule has 3 aromatic carbocycles. The highest BCUT2D eigenvalue weighted by atomic mass is 35.5. The fraction of sp³-hybridized carbons (Fsp3) is 0.167. The Morgan fingerprint density at radius 3 is 2.00 bits per heavy atom. The summed E-state index contributed by atoms with van der Waals surface area (Å²) in [6.45, 7) is 0. The Morgan fingerprint density at radius 1 is 0.967 bits per heavy atom. The highest BCUT2D eigenvalue weighted by molar-refractivity contribution is 6.30. The van der Waals surface area contributed by atoms with Crippen molar-refractivity contribution in [1.29, 1.82) is 0 Å². The molecule has 6 heteroatoms. The standard InChI is InChI=1S/C24H20ClNO4/c1-30-24(29)26(21(23(27)28)14-15-10-12-16(25)13-11-15)22-19-8-4-2-6-17(19)18-7-3-5-9-20(18)22/h2-13,21-22H,14H2,1H3,(H,27,28)/t21-/m1/s1. The predicted octanol–water partition coefficient (Wildman–Crippen LogP) is 5.17. The summed E-state index contributed by atoms with van der Waals surface area (Å²) in [5.74, 6) is -1.10. The van der Waals surface area contributed by atoms with Gasteiger partial charge in [0.2, 0.25) is 0 Å². The second-order valence-corrected chi connectivity index (χ2v) is 7.58. The molecular formula is C24H20ClNO4. The van der Waals surface area contributed by atoms with Gasteiger partial charge in [0.25, 0.3) is 0 Å². The zero-order chi connectivity index (χ0) is 21.3. The quantitative estimate of drug-likeness (QED) is 0.616. The first-order valence-corrected chi connectivity index (χ1v) is 9.91. The Balaban J connectivity index is 1.83. The van der Waals surface area contributed by atoms with Crippen LogP contribution in [0, 0.1) is 0 Å². The second-order valence-electron chi connectivity index (χ2n) is 7.14. The number of nitrogens with zero attached hydrogens (tertiary/aromatic N) is 1. The number of hydrogen-bond donors (Lipinski definition) is 1. The number of hydrogen-bond acceptors (Lipinski definition) is 3. The summed E-state index contributed by atoms with van der Waals surface area (Å²) >= 11 is 5.96. The molecular weight excluding hydrogens is 402 g/mol. The van der Waals surface area contributed by atoms with Gasteiger partial charge in [0.05, 0.1) is 13.2 Å². The molecule has 1 atom stereocenters. The van der Waals surface area contributed by atoms with E-state index in [2.05, 4.69) is 0 Å². The molecule has 1 N–H and O–H groups in total. The maximum Gasteiger partial charge on any atom is 0.411 e. The van der Waals surface area contributed by atoms with Crippen molar-refractivity contribution >= 4 is 23.7 Å². The molecule has 0 saturated carbocycles. The first-order valence-electron chi connectivity index (χ1n) is 9.53. The maximum atomic E-state index is 12.9. The van der Waals surface area contributed by atoms with E-state index in [0.717, 1.165) is 27.8 Å². The van der Waals surface area contributed by atoms with Crippen LogP contribution in [0.3, 0.4) is 0 Å². The van der Waals surface area contributed by atoms with Crippen LogP contribution in [-0.2, 0) is 16.0 Å². The lowest BCUT2D eigenvalue weighted by atomic mass is 9.98. The predicted molar refractivity (Wildman–Crippen MR) is 115 cm³/mol. The van der Waals surface area contributed by atoms with E-state index in [1.54, 1.807) is 24.3 Å². The third-order valence-electron chi connectivity index (χ3n) is 5.43. The summed E-state index contributed by atoms with van der Waals surface area (Å²) in [6, 6.07) is 20.7. The van der Waals surface area contributed by atoms with Crippen LogP contribution in [0.2, 0.25) is 5.02 Å². The number of carboxylic acids is 1. The van der Waals surface area contributed by atoms with Gasteiger partial charge in [0.15, 0.2) is 0 Å². The molecule has 1 aliphatic carbocycles. The van der Waals surface area contributed by atoms with Gasteiger partial charge >= 0.3 is 12.1 Å². The van der Waals surface area contributed by atoms with Crippen molar-refractivity contribution < 1.29 is 19.4 Å². The molecule has 5 nitrogen and oxygen atoms in total. The van der Waals surface area contributed by atoms with E-state index in [1.165, 1.54) is 12.0 Å². The van der Waals surface area contributed by atoms with Crippen LogP contribution in [0.5, 0.6) is 0 Å². The van der Waals surface area contributed by atoms with Gasteiger partial charge in [-0.15, -0.1) is 0 Å². The van der Waals surface area contributed by atoms with Gasteiger partial charge in [-0.05, 0) is 39.9 Å². The molecule has 0 unspecified atom stereocenters. The van der Waals surface area contributed by atoms with E-state index in [-0.39, 0.29) is 6.42 Å². The van der Waals surface area contributed by atoms with E-state index >= 15 is 0 Å². The maximum absolute atomic E-state index is 12.9. The zero-order valence-electron chi connectivity index (χ0n) is 16.3. The highest BCUT2D eigenvalue weighted by Gasteiger charge is 2.42. The smallest absolute Gasteiger partial charge is 0.411 e. The van der Waals surface area contributed by atoms with Gasteiger partial charge in [0.1, 0.15) is 6.04 Å². The lowest BCUT2D eigenvalue weighted by molar-refractivity contribution is -0.143. The average molecular weight is 422 g/mol. The minimum Gasteiger partial charge on any atom is -0.480 e. The second kappa shape index (κ2) is 8.20. The van der Waals surface area contributed by atoms with Gasteiger partial charge in [-0.25, -0.2) is 9.59 Å². The summed E-state index contributed by atoms with van der Waals surface area (Å²) in [4.78, 5) is 26.6. The van der Waals surface area contributed by atoms with Crippen LogP contribution in [0.4, 0.5) is 4.79 Å². The van der Waals surface area contributed by atoms with Crippen molar-refractivity contribution in [3.63, 3.8) is 0 Å². The fourth-order valence-corrected chi connectivity index (χ4v) is 4.22. The first kappa shape index (κ1) is 20.0. The molecule has 0 saturated heterocycles. The third-order valence-corrected chi connectivity index (χ3v) is 5.68. The molecule has 30 heavy (non-hydrogen) atoms.